The van der Waals surface area contributed by atoms with Gasteiger partial charge in [-0.1, -0.05) is 12.1 Å². The van der Waals surface area contributed by atoms with Gasteiger partial charge in [0.15, 0.2) is 6.10 Å². The Morgan fingerprint density at radius 1 is 1.20 bits per heavy atom. The van der Waals surface area contributed by atoms with E-state index in [4.69, 9.17) is 9.47 Å². The second kappa shape index (κ2) is 8.67. The lowest BCUT2D eigenvalue weighted by molar-refractivity contribution is -0.122. The zero-order valence-corrected chi connectivity index (χ0v) is 15.9. The monoisotopic (exact) mass is 405 g/mol. The van der Waals surface area contributed by atoms with Crippen LogP contribution in [0.5, 0.6) is 5.75 Å². The summed E-state index contributed by atoms with van der Waals surface area (Å²) >= 11 is 3.42. The van der Waals surface area contributed by atoms with Gasteiger partial charge in [0.05, 0.1) is 17.9 Å². The van der Waals surface area contributed by atoms with Gasteiger partial charge in [-0.05, 0) is 72.6 Å². The van der Waals surface area contributed by atoms with E-state index >= 15 is 0 Å². The highest BCUT2D eigenvalue weighted by molar-refractivity contribution is 9.10. The van der Waals surface area contributed by atoms with E-state index in [-0.39, 0.29) is 5.91 Å². The summed E-state index contributed by atoms with van der Waals surface area (Å²) in [6, 6.07) is 12.2. The number of carbonyl (C=O) groups is 2. The summed E-state index contributed by atoms with van der Waals surface area (Å²) < 4.78 is 11.4. The van der Waals surface area contributed by atoms with Crippen LogP contribution in [-0.2, 0) is 9.53 Å². The SMILES string of the molecule is CCOC(=O)c1cccc(O[C@@H](C)C(=O)Nc2ccc(C)cc2Br)c1. The second-order valence-corrected chi connectivity index (χ2v) is 6.34. The number of aryl methyl sites for hydroxylation is 1. The molecule has 5 nitrogen and oxygen atoms in total. The number of halogens is 1. The molecule has 132 valence electrons. The predicted octanol–water partition coefficient (Wildman–Crippen LogP) is 4.34. The molecule has 2 aromatic rings. The molecule has 0 radical (unpaired) electrons. The standard InChI is InChI=1S/C19H20BrNO4/c1-4-24-19(23)14-6-5-7-15(11-14)25-13(3)18(22)21-17-9-8-12(2)10-16(17)20/h5-11,13H,4H2,1-3H3,(H,21,22)/t13-/m0/s1. The molecule has 0 saturated carbocycles. The molecule has 0 aromatic heterocycles. The predicted molar refractivity (Wildman–Crippen MR) is 100.0 cm³/mol. The minimum atomic E-state index is -0.731. The van der Waals surface area contributed by atoms with E-state index in [1.54, 1.807) is 38.1 Å². The Labute approximate surface area is 155 Å². The van der Waals surface area contributed by atoms with E-state index < -0.39 is 12.1 Å². The fraction of sp³-hybridized carbons (Fsp3) is 0.263. The second-order valence-electron chi connectivity index (χ2n) is 5.48. The van der Waals surface area contributed by atoms with Gasteiger partial charge in [0.2, 0.25) is 0 Å². The van der Waals surface area contributed by atoms with Gasteiger partial charge in [-0.25, -0.2) is 4.79 Å². The van der Waals surface area contributed by atoms with Crippen LogP contribution in [0, 0.1) is 6.92 Å². The van der Waals surface area contributed by atoms with Crippen LogP contribution in [0.4, 0.5) is 5.69 Å². The minimum absolute atomic E-state index is 0.286. The van der Waals surface area contributed by atoms with E-state index in [0.29, 0.717) is 23.6 Å². The van der Waals surface area contributed by atoms with Crippen molar-refractivity contribution in [2.45, 2.75) is 26.9 Å². The van der Waals surface area contributed by atoms with E-state index in [2.05, 4.69) is 21.2 Å². The maximum atomic E-state index is 12.3. The molecule has 1 amide bonds. The Hall–Kier alpha value is -2.34. The molecular weight excluding hydrogens is 386 g/mol. The third-order valence-corrected chi connectivity index (χ3v) is 4.07. The average molecular weight is 406 g/mol. The van der Waals surface area contributed by atoms with E-state index in [1.807, 2.05) is 25.1 Å². The quantitative estimate of drug-likeness (QED) is 0.725. The molecule has 1 N–H and O–H groups in total. The first-order chi connectivity index (χ1) is 11.9. The molecule has 2 aromatic carbocycles. The van der Waals surface area contributed by atoms with Gasteiger partial charge in [-0.3, -0.25) is 4.79 Å². The topological polar surface area (TPSA) is 64.6 Å². The summed E-state index contributed by atoms with van der Waals surface area (Å²) in [6.45, 7) is 5.66. The van der Waals surface area contributed by atoms with Crippen molar-refractivity contribution in [2.24, 2.45) is 0 Å². The molecule has 0 aliphatic carbocycles. The first-order valence-corrected chi connectivity index (χ1v) is 8.71. The smallest absolute Gasteiger partial charge is 0.338 e. The summed E-state index contributed by atoms with van der Waals surface area (Å²) in [7, 11) is 0. The molecule has 0 spiro atoms. The van der Waals surface area contributed by atoms with Gasteiger partial charge in [-0.15, -0.1) is 0 Å². The van der Waals surface area contributed by atoms with Gasteiger partial charge in [-0.2, -0.15) is 0 Å². The van der Waals surface area contributed by atoms with Crippen molar-refractivity contribution in [3.05, 3.63) is 58.1 Å². The lowest BCUT2D eigenvalue weighted by Crippen LogP contribution is -2.30. The Bertz CT molecular complexity index is 776. The number of nitrogens with one attached hydrogen (secondary N) is 1. The minimum Gasteiger partial charge on any atom is -0.481 e. The number of rotatable bonds is 6. The van der Waals surface area contributed by atoms with Gasteiger partial charge in [0, 0.05) is 4.47 Å². The van der Waals surface area contributed by atoms with Crippen molar-refractivity contribution in [3.63, 3.8) is 0 Å². The van der Waals surface area contributed by atoms with Crippen LogP contribution in [0.25, 0.3) is 0 Å². The van der Waals surface area contributed by atoms with Crippen molar-refractivity contribution >= 4 is 33.5 Å². The van der Waals surface area contributed by atoms with Crippen LogP contribution >= 0.6 is 15.9 Å². The van der Waals surface area contributed by atoms with Crippen molar-refractivity contribution in [1.29, 1.82) is 0 Å². The molecule has 6 heteroatoms. The Morgan fingerprint density at radius 3 is 2.64 bits per heavy atom. The van der Waals surface area contributed by atoms with Crippen LogP contribution < -0.4 is 10.1 Å². The molecule has 2 rings (SSSR count). The molecular formula is C19H20BrNO4. The zero-order valence-electron chi connectivity index (χ0n) is 14.3. The molecule has 0 heterocycles. The number of hydrogen-bond acceptors (Lipinski definition) is 4. The van der Waals surface area contributed by atoms with Gasteiger partial charge in [0.25, 0.3) is 5.91 Å². The molecule has 0 fully saturated rings. The Kier molecular flexibility index (Phi) is 6.58. The summed E-state index contributed by atoms with van der Waals surface area (Å²) in [4.78, 5) is 24.1. The van der Waals surface area contributed by atoms with Crippen molar-refractivity contribution in [1.82, 2.24) is 0 Å². The highest BCUT2D eigenvalue weighted by atomic mass is 79.9. The fourth-order valence-corrected chi connectivity index (χ4v) is 2.72. The summed E-state index contributed by atoms with van der Waals surface area (Å²) in [6.07, 6.45) is -0.731. The number of esters is 1. The van der Waals surface area contributed by atoms with Crippen molar-refractivity contribution < 1.29 is 19.1 Å². The Balaban J connectivity index is 2.03. The van der Waals surface area contributed by atoms with E-state index in [0.717, 1.165) is 10.0 Å². The third-order valence-electron chi connectivity index (χ3n) is 3.41. The highest BCUT2D eigenvalue weighted by Gasteiger charge is 2.17. The summed E-state index contributed by atoms with van der Waals surface area (Å²) in [5.41, 5.74) is 2.14. The maximum absolute atomic E-state index is 12.3. The summed E-state index contributed by atoms with van der Waals surface area (Å²) in [5.74, 6) is -0.282. The summed E-state index contributed by atoms with van der Waals surface area (Å²) in [5, 5.41) is 2.81. The van der Waals surface area contributed by atoms with Crippen LogP contribution in [0.3, 0.4) is 0 Å². The number of benzene rings is 2. The van der Waals surface area contributed by atoms with E-state index in [1.165, 1.54) is 0 Å². The van der Waals surface area contributed by atoms with Crippen molar-refractivity contribution in [2.75, 3.05) is 11.9 Å². The molecule has 0 aliphatic heterocycles. The molecule has 0 unspecified atom stereocenters. The fourth-order valence-electron chi connectivity index (χ4n) is 2.12. The number of anilines is 1. The Morgan fingerprint density at radius 2 is 1.96 bits per heavy atom. The van der Waals surface area contributed by atoms with Crippen LogP contribution in [0.15, 0.2) is 46.9 Å². The van der Waals surface area contributed by atoms with Crippen molar-refractivity contribution in [3.8, 4) is 5.75 Å². The highest BCUT2D eigenvalue weighted by Crippen LogP contribution is 2.24. The molecule has 0 aliphatic rings. The lowest BCUT2D eigenvalue weighted by Gasteiger charge is -2.16. The van der Waals surface area contributed by atoms with Crippen LogP contribution in [-0.4, -0.2) is 24.6 Å². The molecule has 0 saturated heterocycles. The van der Waals surface area contributed by atoms with Gasteiger partial charge < -0.3 is 14.8 Å². The van der Waals surface area contributed by atoms with Crippen LogP contribution in [0.2, 0.25) is 0 Å². The normalized spacial score (nSPS) is 11.5. The first-order valence-electron chi connectivity index (χ1n) is 7.91. The number of amides is 1. The van der Waals surface area contributed by atoms with Crippen LogP contribution in [0.1, 0.15) is 29.8 Å². The lowest BCUT2D eigenvalue weighted by atomic mass is 10.2. The third kappa shape index (κ3) is 5.32. The number of hydrogen-bond donors (Lipinski definition) is 1. The van der Waals surface area contributed by atoms with Gasteiger partial charge >= 0.3 is 5.97 Å². The van der Waals surface area contributed by atoms with E-state index in [9.17, 15) is 9.59 Å². The number of ether oxygens (including phenoxy) is 2. The largest absolute Gasteiger partial charge is 0.481 e. The maximum Gasteiger partial charge on any atom is 0.338 e. The molecule has 0 bridgehead atoms. The molecule has 1 atom stereocenters. The number of carbonyl (C=O) groups excluding carboxylic acids is 2. The molecule has 25 heavy (non-hydrogen) atoms. The van der Waals surface area contributed by atoms with Gasteiger partial charge in [0.1, 0.15) is 5.75 Å². The zero-order chi connectivity index (χ0) is 18.4. The first kappa shape index (κ1) is 19.0. The average Bonchev–Trinajstić information content (AvgIpc) is 2.57.